The first kappa shape index (κ1) is 20.2. The quantitative estimate of drug-likeness (QED) is 0.754. The van der Waals surface area contributed by atoms with Gasteiger partial charge in [0.05, 0.1) is 16.4 Å². The van der Waals surface area contributed by atoms with Gasteiger partial charge >= 0.3 is 6.18 Å². The van der Waals surface area contributed by atoms with Crippen LogP contribution in [0.4, 0.5) is 18.9 Å². The Bertz CT molecular complexity index is 916. The number of nitrogens with zero attached hydrogens (tertiary/aromatic N) is 4. The highest BCUT2D eigenvalue weighted by atomic mass is 35.5. The van der Waals surface area contributed by atoms with Crippen LogP contribution < -0.4 is 10.6 Å². The number of halogens is 4. The maximum Gasteiger partial charge on any atom is 0.436 e. The highest BCUT2D eigenvalue weighted by Crippen LogP contribution is 2.46. The smallest absolute Gasteiger partial charge is 0.354 e. The van der Waals surface area contributed by atoms with Crippen molar-refractivity contribution in [2.75, 3.05) is 12.4 Å². The average Bonchev–Trinajstić information content (AvgIpc) is 3.28. The van der Waals surface area contributed by atoms with Crippen molar-refractivity contribution >= 4 is 29.1 Å². The zero-order valence-electron chi connectivity index (χ0n) is 15.1. The van der Waals surface area contributed by atoms with Crippen LogP contribution in [0, 0.1) is 0 Å². The van der Waals surface area contributed by atoms with Crippen LogP contribution >= 0.6 is 11.6 Å². The highest BCUT2D eigenvalue weighted by molar-refractivity contribution is 6.32. The average molecular weight is 419 g/mol. The highest BCUT2D eigenvalue weighted by Gasteiger charge is 2.42. The van der Waals surface area contributed by atoms with Gasteiger partial charge in [-0.15, -0.1) is 0 Å². The molecule has 0 atom stereocenters. The van der Waals surface area contributed by atoms with Crippen LogP contribution in [0.2, 0.25) is 5.02 Å². The van der Waals surface area contributed by atoms with Gasteiger partial charge in [-0.05, 0) is 19.8 Å². The zero-order valence-corrected chi connectivity index (χ0v) is 15.9. The Morgan fingerprint density at radius 2 is 2.00 bits per heavy atom. The molecule has 28 heavy (non-hydrogen) atoms. The van der Waals surface area contributed by atoms with E-state index in [9.17, 15) is 22.8 Å². The molecule has 0 aromatic carbocycles. The van der Waals surface area contributed by atoms with Crippen LogP contribution in [0.25, 0.3) is 0 Å². The van der Waals surface area contributed by atoms with E-state index in [4.69, 9.17) is 11.6 Å². The summed E-state index contributed by atoms with van der Waals surface area (Å²) in [5.74, 6) is -1.29. The lowest BCUT2D eigenvalue weighted by Crippen LogP contribution is -2.24. The number of carbonyl (C=O) groups is 2. The van der Waals surface area contributed by atoms with Gasteiger partial charge in [0, 0.05) is 25.7 Å². The molecule has 0 spiro atoms. The van der Waals surface area contributed by atoms with Gasteiger partial charge in [-0.25, -0.2) is 0 Å². The van der Waals surface area contributed by atoms with Crippen molar-refractivity contribution in [2.24, 2.45) is 0 Å². The van der Waals surface area contributed by atoms with Crippen LogP contribution in [-0.4, -0.2) is 38.4 Å². The van der Waals surface area contributed by atoms with Crippen LogP contribution in [0.15, 0.2) is 6.20 Å². The van der Waals surface area contributed by atoms with Crippen LogP contribution in [0.1, 0.15) is 47.6 Å². The van der Waals surface area contributed by atoms with Gasteiger partial charge in [-0.3, -0.25) is 19.0 Å². The van der Waals surface area contributed by atoms with Crippen molar-refractivity contribution in [3.05, 3.63) is 28.3 Å². The summed E-state index contributed by atoms with van der Waals surface area (Å²) in [7, 11) is 1.42. The third-order valence-corrected chi connectivity index (χ3v) is 4.63. The molecule has 3 rings (SSSR count). The summed E-state index contributed by atoms with van der Waals surface area (Å²) in [6.07, 6.45) is -1.86. The standard InChI is InChI=1S/C16H18ClF3N6O2/c1-3-25-6-9(12(23-25)15(28)21-2)22-10(27)7-26-13(8-4-5-8)11(17)14(24-26)16(18,19)20/h6,8H,3-5,7H2,1-2H3,(H,21,28)(H,22,27). The van der Waals surface area contributed by atoms with Crippen molar-refractivity contribution in [2.45, 2.75) is 44.9 Å². The monoisotopic (exact) mass is 418 g/mol. The molecule has 0 aliphatic heterocycles. The first-order valence-corrected chi connectivity index (χ1v) is 8.96. The Kier molecular flexibility index (Phi) is 5.37. The molecule has 2 N–H and O–H groups in total. The van der Waals surface area contributed by atoms with E-state index in [1.165, 1.54) is 17.9 Å². The Balaban J connectivity index is 1.85. The second-order valence-electron chi connectivity index (χ2n) is 6.35. The Labute approximate surface area is 163 Å². The summed E-state index contributed by atoms with van der Waals surface area (Å²) in [5, 5.41) is 12.0. The van der Waals surface area contributed by atoms with Gasteiger partial charge in [0.25, 0.3) is 5.91 Å². The van der Waals surface area contributed by atoms with Gasteiger partial charge < -0.3 is 10.6 Å². The van der Waals surface area contributed by atoms with Crippen molar-refractivity contribution < 1.29 is 22.8 Å². The first-order valence-electron chi connectivity index (χ1n) is 8.58. The second-order valence-corrected chi connectivity index (χ2v) is 6.73. The summed E-state index contributed by atoms with van der Waals surface area (Å²) in [6.45, 7) is 1.81. The van der Waals surface area contributed by atoms with E-state index in [2.05, 4.69) is 20.8 Å². The fraction of sp³-hybridized carbons (Fsp3) is 0.500. The fourth-order valence-electron chi connectivity index (χ4n) is 2.79. The van der Waals surface area contributed by atoms with Crippen molar-refractivity contribution in [3.8, 4) is 0 Å². The molecular formula is C16H18ClF3N6O2. The molecular weight excluding hydrogens is 401 g/mol. The maximum absolute atomic E-state index is 13.1. The maximum atomic E-state index is 13.1. The second kappa shape index (κ2) is 7.46. The topological polar surface area (TPSA) is 93.8 Å². The minimum Gasteiger partial charge on any atom is -0.354 e. The van der Waals surface area contributed by atoms with Crippen LogP contribution in [0.5, 0.6) is 0 Å². The van der Waals surface area contributed by atoms with Crippen molar-refractivity contribution in [3.63, 3.8) is 0 Å². The number of aromatic nitrogens is 4. The summed E-state index contributed by atoms with van der Waals surface area (Å²) < 4.78 is 41.8. The summed E-state index contributed by atoms with van der Waals surface area (Å²) in [6, 6.07) is 0. The molecule has 1 saturated carbocycles. The molecule has 1 fully saturated rings. The Morgan fingerprint density at radius 1 is 1.32 bits per heavy atom. The van der Waals surface area contributed by atoms with E-state index in [1.54, 1.807) is 6.92 Å². The molecule has 0 saturated heterocycles. The van der Waals surface area contributed by atoms with Gasteiger partial charge in [0.1, 0.15) is 6.54 Å². The molecule has 152 valence electrons. The molecule has 2 amide bonds. The normalized spacial score (nSPS) is 14.2. The predicted molar refractivity (Wildman–Crippen MR) is 94.1 cm³/mol. The molecule has 0 unspecified atom stereocenters. The van der Waals surface area contributed by atoms with Gasteiger partial charge in [-0.2, -0.15) is 23.4 Å². The van der Waals surface area contributed by atoms with Crippen molar-refractivity contribution in [1.29, 1.82) is 0 Å². The van der Waals surface area contributed by atoms with E-state index in [0.29, 0.717) is 19.4 Å². The lowest BCUT2D eigenvalue weighted by Gasteiger charge is -2.08. The first-order chi connectivity index (χ1) is 13.2. The minimum absolute atomic E-state index is 0.00888. The molecule has 0 bridgehead atoms. The number of carbonyl (C=O) groups excluding carboxylic acids is 2. The summed E-state index contributed by atoms with van der Waals surface area (Å²) in [4.78, 5) is 24.4. The molecule has 2 heterocycles. The van der Waals surface area contributed by atoms with Crippen LogP contribution in [-0.2, 0) is 24.1 Å². The van der Waals surface area contributed by atoms with E-state index >= 15 is 0 Å². The summed E-state index contributed by atoms with van der Waals surface area (Å²) in [5.41, 5.74) is -0.822. The van der Waals surface area contributed by atoms with E-state index < -0.39 is 35.3 Å². The van der Waals surface area contributed by atoms with Crippen molar-refractivity contribution in [1.82, 2.24) is 24.9 Å². The van der Waals surface area contributed by atoms with Crippen LogP contribution in [0.3, 0.4) is 0 Å². The molecule has 8 nitrogen and oxygen atoms in total. The SMILES string of the molecule is CCn1cc(NC(=O)Cn2nc(C(F)(F)F)c(Cl)c2C2CC2)c(C(=O)NC)n1. The molecule has 1 aliphatic carbocycles. The van der Waals surface area contributed by atoms with Gasteiger partial charge in [0.15, 0.2) is 11.4 Å². The lowest BCUT2D eigenvalue weighted by atomic mass is 10.2. The molecule has 2 aromatic heterocycles. The van der Waals surface area contributed by atoms with E-state index in [-0.39, 0.29) is 23.0 Å². The number of rotatable bonds is 6. The Hall–Kier alpha value is -2.56. The molecule has 2 aromatic rings. The third-order valence-electron chi connectivity index (χ3n) is 4.26. The van der Waals surface area contributed by atoms with E-state index in [1.807, 2.05) is 0 Å². The number of alkyl halides is 3. The van der Waals surface area contributed by atoms with Gasteiger partial charge in [-0.1, -0.05) is 11.6 Å². The number of amides is 2. The lowest BCUT2D eigenvalue weighted by molar-refractivity contribution is -0.141. The van der Waals surface area contributed by atoms with Gasteiger partial charge in [0.2, 0.25) is 5.91 Å². The molecule has 0 radical (unpaired) electrons. The van der Waals surface area contributed by atoms with E-state index in [0.717, 1.165) is 4.68 Å². The number of hydrogen-bond acceptors (Lipinski definition) is 4. The molecule has 12 heteroatoms. The zero-order chi connectivity index (χ0) is 20.6. The Morgan fingerprint density at radius 3 is 2.54 bits per heavy atom. The number of aryl methyl sites for hydroxylation is 1. The summed E-state index contributed by atoms with van der Waals surface area (Å²) >= 11 is 5.90. The number of hydrogen-bond donors (Lipinski definition) is 2. The largest absolute Gasteiger partial charge is 0.436 e. The fourth-order valence-corrected chi connectivity index (χ4v) is 3.18. The predicted octanol–water partition coefficient (Wildman–Crippen LogP) is 2.65. The minimum atomic E-state index is -4.71. The molecule has 1 aliphatic rings. The number of anilines is 1. The number of nitrogens with one attached hydrogen (secondary N) is 2. The third kappa shape index (κ3) is 3.98.